The van der Waals surface area contributed by atoms with Gasteiger partial charge in [0.1, 0.15) is 0 Å². The molecular weight excluding hydrogens is 402 g/mol. The van der Waals surface area contributed by atoms with E-state index in [-0.39, 0.29) is 5.91 Å². The lowest BCUT2D eigenvalue weighted by Crippen LogP contribution is -2.33. The smallest absolute Gasteiger partial charge is 0.258 e. The minimum atomic E-state index is -0.0899. The number of carbonyl (C=O) groups is 1. The summed E-state index contributed by atoms with van der Waals surface area (Å²) in [4.78, 5) is 21.0. The fourth-order valence-corrected chi connectivity index (χ4v) is 5.82. The van der Waals surface area contributed by atoms with Gasteiger partial charge in [-0.05, 0) is 50.3 Å². The van der Waals surface area contributed by atoms with E-state index in [1.165, 1.54) is 24.2 Å². The number of likely N-dealkylation sites (tertiary alicyclic amines) is 1. The largest absolute Gasteiger partial charge is 0.377 e. The molecule has 3 heterocycles. The van der Waals surface area contributed by atoms with Crippen LogP contribution in [0, 0.1) is 5.92 Å². The normalized spacial score (nSPS) is 22.7. The molecule has 2 unspecified atom stereocenters. The number of carbonyl (C=O) groups excluding carboxylic acids is 1. The van der Waals surface area contributed by atoms with Crippen LogP contribution in [-0.4, -0.2) is 47.3 Å². The Morgan fingerprint density at radius 3 is 3.07 bits per heavy atom. The zero-order valence-corrected chi connectivity index (χ0v) is 18.6. The van der Waals surface area contributed by atoms with Crippen LogP contribution in [-0.2, 0) is 11.3 Å². The van der Waals surface area contributed by atoms with Crippen LogP contribution in [0.5, 0.6) is 0 Å². The van der Waals surface area contributed by atoms with Crippen LogP contribution >= 0.6 is 23.1 Å². The molecule has 7 heteroatoms. The highest BCUT2D eigenvalue weighted by atomic mass is 32.2. The first kappa shape index (κ1) is 20.8. The quantitative estimate of drug-likeness (QED) is 0.632. The summed E-state index contributed by atoms with van der Waals surface area (Å²) in [5, 5.41) is 5.74. The maximum Gasteiger partial charge on any atom is 0.258 e. The van der Waals surface area contributed by atoms with Crippen LogP contribution in [0.1, 0.15) is 48.7 Å². The molecule has 1 N–H and O–H groups in total. The van der Waals surface area contributed by atoms with Crippen molar-refractivity contribution in [3.8, 4) is 0 Å². The number of piperidine rings is 1. The summed E-state index contributed by atoms with van der Waals surface area (Å²) < 4.78 is 5.71. The van der Waals surface area contributed by atoms with Gasteiger partial charge in [-0.25, -0.2) is 4.98 Å². The molecule has 0 radical (unpaired) electrons. The molecule has 0 spiro atoms. The van der Waals surface area contributed by atoms with E-state index < -0.39 is 0 Å². The zero-order valence-electron chi connectivity index (χ0n) is 16.9. The van der Waals surface area contributed by atoms with Gasteiger partial charge in [0.25, 0.3) is 5.91 Å². The van der Waals surface area contributed by atoms with Crippen LogP contribution in [0.25, 0.3) is 0 Å². The van der Waals surface area contributed by atoms with E-state index in [2.05, 4.69) is 27.5 Å². The summed E-state index contributed by atoms with van der Waals surface area (Å²) in [6.07, 6.45) is 5.12. The molecule has 156 valence electrons. The molecule has 2 aliphatic heterocycles. The van der Waals surface area contributed by atoms with E-state index in [4.69, 9.17) is 4.74 Å². The van der Waals surface area contributed by atoms with Gasteiger partial charge >= 0.3 is 0 Å². The molecule has 0 saturated carbocycles. The topological polar surface area (TPSA) is 54.5 Å². The Balaban J connectivity index is 1.35. The number of anilines is 1. The third-order valence-corrected chi connectivity index (χ3v) is 7.49. The molecule has 0 bridgehead atoms. The summed E-state index contributed by atoms with van der Waals surface area (Å²) in [5.74, 6) is 1.55. The molecule has 1 aromatic heterocycles. The van der Waals surface area contributed by atoms with Crippen LogP contribution < -0.4 is 5.32 Å². The number of thiazole rings is 1. The number of ether oxygens (including phenoxy) is 1. The predicted octanol–water partition coefficient (Wildman–Crippen LogP) is 4.90. The molecule has 0 aliphatic carbocycles. The van der Waals surface area contributed by atoms with Crippen molar-refractivity contribution in [2.24, 2.45) is 5.92 Å². The summed E-state index contributed by atoms with van der Waals surface area (Å²) in [7, 11) is 0. The molecular formula is C22H29N3O2S2. The average molecular weight is 432 g/mol. The average Bonchev–Trinajstić information content (AvgIpc) is 3.39. The van der Waals surface area contributed by atoms with Gasteiger partial charge in [0.15, 0.2) is 5.13 Å². The Kier molecular flexibility index (Phi) is 7.24. The number of hydrogen-bond acceptors (Lipinski definition) is 6. The highest BCUT2D eigenvalue weighted by Crippen LogP contribution is 2.28. The van der Waals surface area contributed by atoms with E-state index in [9.17, 15) is 4.79 Å². The molecule has 2 fully saturated rings. The number of rotatable bonds is 7. The lowest BCUT2D eigenvalue weighted by Gasteiger charge is -2.30. The number of hydrogen-bond donors (Lipinski definition) is 1. The van der Waals surface area contributed by atoms with Gasteiger partial charge in [-0.2, -0.15) is 0 Å². The van der Waals surface area contributed by atoms with Gasteiger partial charge in [0, 0.05) is 35.7 Å². The third-order valence-electron chi connectivity index (χ3n) is 5.48. The van der Waals surface area contributed by atoms with Crippen molar-refractivity contribution in [3.05, 3.63) is 40.9 Å². The van der Waals surface area contributed by atoms with E-state index >= 15 is 0 Å². The number of aromatic nitrogens is 1. The molecule has 5 nitrogen and oxygen atoms in total. The van der Waals surface area contributed by atoms with Gasteiger partial charge in [-0.1, -0.05) is 19.1 Å². The van der Waals surface area contributed by atoms with Gasteiger partial charge in [-0.15, -0.1) is 23.1 Å². The number of amides is 1. The Bertz CT molecular complexity index is 820. The predicted molar refractivity (Wildman–Crippen MR) is 120 cm³/mol. The molecule has 1 amide bonds. The van der Waals surface area contributed by atoms with Crippen molar-refractivity contribution in [1.82, 2.24) is 9.88 Å². The van der Waals surface area contributed by atoms with Crippen molar-refractivity contribution < 1.29 is 9.53 Å². The molecule has 4 rings (SSSR count). The molecule has 1 aromatic carbocycles. The summed E-state index contributed by atoms with van der Waals surface area (Å²) in [6.45, 7) is 6.31. The maximum atomic E-state index is 12.9. The number of benzene rings is 1. The lowest BCUT2D eigenvalue weighted by atomic mass is 10.0. The van der Waals surface area contributed by atoms with Crippen LogP contribution in [0.2, 0.25) is 0 Å². The third kappa shape index (κ3) is 5.81. The standard InChI is InChI=1S/C22H29N3O2S2/c1-16-6-4-10-25(12-16)13-17-14-29-22(23-17)24-21(26)19-8-2-3-9-20(19)28-15-18-7-5-11-27-18/h2-3,8-9,14,16,18H,4-7,10-13,15H2,1H3,(H,23,24,26). The van der Waals surface area contributed by atoms with Crippen molar-refractivity contribution in [3.63, 3.8) is 0 Å². The van der Waals surface area contributed by atoms with Crippen molar-refractivity contribution in [1.29, 1.82) is 0 Å². The molecule has 2 saturated heterocycles. The molecule has 2 atom stereocenters. The molecule has 2 aromatic rings. The number of nitrogens with one attached hydrogen (secondary N) is 1. The van der Waals surface area contributed by atoms with Gasteiger partial charge < -0.3 is 4.74 Å². The van der Waals surface area contributed by atoms with E-state index in [0.29, 0.717) is 16.8 Å². The second-order valence-electron chi connectivity index (χ2n) is 8.02. The van der Waals surface area contributed by atoms with Crippen molar-refractivity contribution >= 4 is 34.1 Å². The van der Waals surface area contributed by atoms with Crippen molar-refractivity contribution in [2.75, 3.05) is 30.8 Å². The SMILES string of the molecule is CC1CCCN(Cc2csc(NC(=O)c3ccccc3SCC3CCCO3)n2)C1. The summed E-state index contributed by atoms with van der Waals surface area (Å²) in [5.41, 5.74) is 1.75. The van der Waals surface area contributed by atoms with Gasteiger partial charge in [-0.3, -0.25) is 15.0 Å². The second-order valence-corrected chi connectivity index (χ2v) is 9.94. The van der Waals surface area contributed by atoms with Gasteiger partial charge in [0.05, 0.1) is 17.4 Å². The zero-order chi connectivity index (χ0) is 20.1. The van der Waals surface area contributed by atoms with E-state index in [1.54, 1.807) is 11.8 Å². The van der Waals surface area contributed by atoms with Crippen LogP contribution in [0.4, 0.5) is 5.13 Å². The fourth-order valence-electron chi connectivity index (χ4n) is 4.00. The van der Waals surface area contributed by atoms with Crippen molar-refractivity contribution in [2.45, 2.75) is 50.2 Å². The Morgan fingerprint density at radius 2 is 2.24 bits per heavy atom. The van der Waals surface area contributed by atoms with Crippen LogP contribution in [0.3, 0.4) is 0 Å². The van der Waals surface area contributed by atoms with Gasteiger partial charge in [0.2, 0.25) is 0 Å². The monoisotopic (exact) mass is 431 g/mol. The first-order chi connectivity index (χ1) is 14.2. The Morgan fingerprint density at radius 1 is 1.34 bits per heavy atom. The molecule has 29 heavy (non-hydrogen) atoms. The first-order valence-electron chi connectivity index (χ1n) is 10.5. The highest BCUT2D eigenvalue weighted by Gasteiger charge is 2.20. The van der Waals surface area contributed by atoms with E-state index in [0.717, 1.165) is 61.3 Å². The highest BCUT2D eigenvalue weighted by molar-refractivity contribution is 7.99. The first-order valence-corrected chi connectivity index (χ1v) is 12.4. The minimum absolute atomic E-state index is 0.0899. The lowest BCUT2D eigenvalue weighted by molar-refractivity contribution is 0.102. The molecule has 2 aliphatic rings. The maximum absolute atomic E-state index is 12.9. The Hall–Kier alpha value is -1.41. The van der Waals surface area contributed by atoms with Crippen LogP contribution in [0.15, 0.2) is 34.5 Å². The number of thioether (sulfide) groups is 1. The fraction of sp³-hybridized carbons (Fsp3) is 0.545. The Labute approximate surface area is 181 Å². The summed E-state index contributed by atoms with van der Waals surface area (Å²) >= 11 is 3.21. The van der Waals surface area contributed by atoms with E-state index in [1.807, 2.05) is 24.3 Å². The number of nitrogens with zero attached hydrogens (tertiary/aromatic N) is 2. The summed E-state index contributed by atoms with van der Waals surface area (Å²) in [6, 6.07) is 7.79. The second kappa shape index (κ2) is 10.1. The minimum Gasteiger partial charge on any atom is -0.377 e.